The Balaban J connectivity index is -0.00000118. The van der Waals surface area contributed by atoms with E-state index in [2.05, 4.69) is 163 Å². The maximum Gasteiger partial charge on any atom is 0.302 e. The lowest BCUT2D eigenvalue weighted by Crippen LogP contribution is -2.95. The fourth-order valence-electron chi connectivity index (χ4n) is 12.2. The van der Waals surface area contributed by atoms with E-state index in [1.54, 1.807) is 68.9 Å². The second kappa shape index (κ2) is 45.4. The lowest BCUT2D eigenvalue weighted by atomic mass is 9.60. The molecule has 2 bridgehead atoms. The molecule has 0 spiro atoms. The zero-order chi connectivity index (χ0) is 73.4. The number of anilines is 1. The van der Waals surface area contributed by atoms with Crippen LogP contribution < -0.4 is 20.1 Å². The Hall–Kier alpha value is -4.43. The van der Waals surface area contributed by atoms with Crippen molar-refractivity contribution in [3.05, 3.63) is 117 Å². The molecule has 0 aromatic heterocycles. The van der Waals surface area contributed by atoms with Gasteiger partial charge in [-0.25, -0.2) is 0 Å². The van der Waals surface area contributed by atoms with Gasteiger partial charge in [-0.2, -0.15) is 0 Å². The molecule has 3 saturated heterocycles. The SMILES string of the molecule is C.C.CNC1(C)C(O)OC2(CO)OC1(C)C2(C)O.CNc1ccccc1.COC(C)=O.COC/C=C(C)/C=C/C=C(C)/C=C/C1=C(C)CCCC1(C)C.COC[N+](C)(C)C.COc1c(C)c(C)c2c(c1C)CC[C@@](C)(CCC[C@H](C)CCC[C@H](C)CCCC(C)C)O2.C[N+](C)(C)[O-]. The lowest BCUT2D eigenvalue weighted by Gasteiger charge is -2.73. The molecule has 2 aromatic rings. The van der Waals surface area contributed by atoms with Crippen molar-refractivity contribution in [1.29, 1.82) is 0 Å². The molecule has 564 valence electrons. The Morgan fingerprint density at radius 1 is 0.763 bits per heavy atom. The number of carbonyl (C=O) groups is 1. The predicted molar refractivity (Wildman–Crippen MR) is 410 cm³/mol. The van der Waals surface area contributed by atoms with Crippen LogP contribution in [0.1, 0.15) is 218 Å². The molecular weight excluding hydrogens is 1220 g/mol. The van der Waals surface area contributed by atoms with Gasteiger partial charge >= 0.3 is 5.97 Å². The molecule has 3 fully saturated rings. The van der Waals surface area contributed by atoms with Crippen LogP contribution in [0.15, 0.2) is 89.1 Å². The third-order valence-electron chi connectivity index (χ3n) is 18.8. The minimum absolute atomic E-state index is 0. The summed E-state index contributed by atoms with van der Waals surface area (Å²) >= 11 is 0. The number of methoxy groups -OCH3 is 4. The van der Waals surface area contributed by atoms with Gasteiger partial charge in [0.1, 0.15) is 34.9 Å². The third-order valence-corrected chi connectivity index (χ3v) is 18.8. The number of nitrogens with one attached hydrogen (secondary N) is 2. The number of hydrogen-bond donors (Lipinski definition) is 5. The summed E-state index contributed by atoms with van der Waals surface area (Å²) in [6, 6.07) is 10.1. The molecule has 5 aliphatic rings. The van der Waals surface area contributed by atoms with Crippen molar-refractivity contribution in [2.24, 2.45) is 23.2 Å². The zero-order valence-corrected chi connectivity index (χ0v) is 65.6. The van der Waals surface area contributed by atoms with E-state index in [0.717, 1.165) is 65.4 Å². The molecular formula is C81H149N4O12+. The van der Waals surface area contributed by atoms with E-state index in [0.29, 0.717) is 12.0 Å². The Morgan fingerprint density at radius 3 is 1.72 bits per heavy atom. The Bertz CT molecular complexity index is 2680. The Kier molecular flexibility index (Phi) is 45.3. The molecule has 0 amide bonds. The van der Waals surface area contributed by atoms with E-state index in [9.17, 15) is 25.3 Å². The van der Waals surface area contributed by atoms with E-state index < -0.39 is 35.4 Å². The molecule has 5 unspecified atom stereocenters. The van der Waals surface area contributed by atoms with Gasteiger partial charge in [0, 0.05) is 39.4 Å². The Morgan fingerprint density at radius 2 is 1.30 bits per heavy atom. The molecule has 16 nitrogen and oxygen atoms in total. The van der Waals surface area contributed by atoms with Crippen LogP contribution in [0.4, 0.5) is 5.69 Å². The number of hydroxylamine groups is 3. The smallest absolute Gasteiger partial charge is 0.302 e. The number of rotatable bonds is 24. The van der Waals surface area contributed by atoms with Crippen LogP contribution in [0.5, 0.6) is 11.5 Å². The number of ether oxygens (including phenoxy) is 7. The number of allylic oxidation sites excluding steroid dienone is 9. The number of quaternary nitrogens is 2. The molecule has 5 N–H and O–H groups in total. The van der Waals surface area contributed by atoms with Crippen molar-refractivity contribution < 1.29 is 62.4 Å². The quantitative estimate of drug-likeness (QED) is 0.0219. The van der Waals surface area contributed by atoms with E-state index >= 15 is 0 Å². The average Bonchev–Trinajstić information content (AvgIpc) is 0.657. The first-order chi connectivity index (χ1) is 43.9. The van der Waals surface area contributed by atoms with Gasteiger partial charge in [0.25, 0.3) is 0 Å². The average molecular weight is 1370 g/mol. The highest BCUT2D eigenvalue weighted by atomic mass is 16.8. The highest BCUT2D eigenvalue weighted by Crippen LogP contribution is 2.61. The van der Waals surface area contributed by atoms with Crippen molar-refractivity contribution in [1.82, 2.24) is 5.32 Å². The summed E-state index contributed by atoms with van der Waals surface area (Å²) in [4.78, 5) is 9.59. The van der Waals surface area contributed by atoms with Gasteiger partial charge in [0.2, 0.25) is 5.79 Å². The number of nitrogens with zero attached hydrogens (tertiary/aromatic N) is 2. The van der Waals surface area contributed by atoms with Crippen LogP contribution in [0, 0.1) is 49.1 Å². The van der Waals surface area contributed by atoms with Gasteiger partial charge in [-0.05, 0) is 179 Å². The maximum atomic E-state index is 10.4. The fourth-order valence-corrected chi connectivity index (χ4v) is 12.2. The zero-order valence-electron chi connectivity index (χ0n) is 65.6. The molecule has 8 atom stereocenters. The molecule has 97 heavy (non-hydrogen) atoms. The van der Waals surface area contributed by atoms with Crippen LogP contribution in [0.3, 0.4) is 0 Å². The molecule has 2 aromatic carbocycles. The molecule has 0 saturated carbocycles. The summed E-state index contributed by atoms with van der Waals surface area (Å²) in [7, 11) is 21.1. The number of hydrogen-bond acceptors (Lipinski definition) is 14. The van der Waals surface area contributed by atoms with Crippen molar-refractivity contribution >= 4 is 11.7 Å². The number of likely N-dealkylation sites (N-methyl/N-ethyl adjacent to an activating group) is 1. The molecule has 0 radical (unpaired) electrons. The molecule has 7 rings (SSSR count). The van der Waals surface area contributed by atoms with Crippen LogP contribution >= 0.6 is 0 Å². The van der Waals surface area contributed by atoms with Gasteiger partial charge < -0.3 is 73.4 Å². The van der Waals surface area contributed by atoms with Crippen LogP contribution in [0.25, 0.3) is 0 Å². The fraction of sp³-hybridized carbons (Fsp3) is 0.716. The maximum absolute atomic E-state index is 10.4. The van der Waals surface area contributed by atoms with Gasteiger partial charge in [0.15, 0.2) is 13.0 Å². The molecule has 4 aliphatic heterocycles. The highest BCUT2D eigenvalue weighted by Gasteiger charge is 2.83. The predicted octanol–water partition coefficient (Wildman–Crippen LogP) is 17.5. The summed E-state index contributed by atoms with van der Waals surface area (Å²) in [5.41, 5.74) is 8.74. The molecule has 1 aliphatic carbocycles. The van der Waals surface area contributed by atoms with E-state index in [1.807, 2.05) is 37.4 Å². The van der Waals surface area contributed by atoms with Crippen LogP contribution in [0.2, 0.25) is 0 Å². The third kappa shape index (κ3) is 32.8. The summed E-state index contributed by atoms with van der Waals surface area (Å²) in [5, 5.41) is 45.6. The van der Waals surface area contributed by atoms with Crippen molar-refractivity contribution in [2.75, 3.05) is 110 Å². The first-order valence-corrected chi connectivity index (χ1v) is 34.8. The number of para-hydroxylation sites is 1. The van der Waals surface area contributed by atoms with Gasteiger partial charge in [0.05, 0.1) is 68.7 Å². The summed E-state index contributed by atoms with van der Waals surface area (Å²) < 4.78 is 37.8. The largest absolute Gasteiger partial charge is 0.633 e. The van der Waals surface area contributed by atoms with Crippen LogP contribution in [-0.4, -0.2) is 170 Å². The number of carbonyl (C=O) groups excluding carboxylic acids is 1. The number of fused-ring (bicyclic) bond motifs is 3. The number of aliphatic hydroxyl groups excluding tert-OH is 2. The topological polar surface area (TPSA) is 189 Å². The normalized spacial score (nSPS) is 23.8. The van der Waals surface area contributed by atoms with Gasteiger partial charge in [-0.1, -0.05) is 173 Å². The van der Waals surface area contributed by atoms with Crippen molar-refractivity contribution in [3.8, 4) is 11.5 Å². The van der Waals surface area contributed by atoms with E-state index in [1.165, 1.54) is 131 Å². The summed E-state index contributed by atoms with van der Waals surface area (Å²) in [5.74, 6) is 2.97. The molecule has 16 heteroatoms. The second-order valence-corrected chi connectivity index (χ2v) is 30.5. The van der Waals surface area contributed by atoms with Crippen molar-refractivity contribution in [3.63, 3.8) is 0 Å². The minimum atomic E-state index is -1.53. The Labute approximate surface area is 594 Å². The number of benzene rings is 2. The first kappa shape index (κ1) is 96.8. The van der Waals surface area contributed by atoms with Gasteiger partial charge in [-0.15, -0.1) is 0 Å². The summed E-state index contributed by atoms with van der Waals surface area (Å²) in [6.45, 7) is 36.9. The van der Waals surface area contributed by atoms with Crippen molar-refractivity contribution in [2.45, 2.75) is 257 Å². The van der Waals surface area contributed by atoms with Crippen LogP contribution in [-0.2, 0) is 34.9 Å². The van der Waals surface area contributed by atoms with Gasteiger partial charge in [-0.3, -0.25) is 4.79 Å². The minimum Gasteiger partial charge on any atom is -0.633 e. The number of esters is 1. The summed E-state index contributed by atoms with van der Waals surface area (Å²) in [6.07, 6.45) is 30.0. The van der Waals surface area contributed by atoms with E-state index in [-0.39, 0.29) is 31.1 Å². The lowest BCUT2D eigenvalue weighted by molar-refractivity contribution is -0.890. The highest BCUT2D eigenvalue weighted by molar-refractivity contribution is 5.65. The second-order valence-electron chi connectivity index (χ2n) is 30.5. The molecule has 4 heterocycles. The van der Waals surface area contributed by atoms with E-state index in [4.69, 9.17) is 28.4 Å². The standard InChI is InChI=1S/C30H52O2.C21H32O.C10H19NO5.C7H9N.C5H14NO.C3H9NO.C3H6O2.2CH4/c1-21(2)13-10-14-22(3)15-11-16-23(4)17-12-19-30(8)20-18-27-26(7)28(31-9)24(5)25(6)29(27)32-30;1-17(9-7-10-18(2)14-16-22-6)12-13-20-19(3)11-8-15-21(20,4)5;1-7(11-4)6(13)15-10(5-12)8(2,14)9(7,3)16-10;1-8-7-5-3-2-4-6-7;1-6(2,3)5-7-4;1-4(2,3)5;1-3(4)5-2;;/h21-23H,10-20H2,1-9H3;7,9-10,12-14H,8,11,15-16H2,1-6H3;6,11-14H,5H2,1-4H3;2-6,8H,1H3;5H2,1-4H3;1-3H3;1-2H3;2*1H4/q;;;;+1;;;;/b;10-7+,13-12+,17-9+,18-14+;;;;;;;/t22-,23-,30-;;;;;;;;/m1......../s1. The number of aliphatic hydroxyl groups is 3. The monoisotopic (exact) mass is 1370 g/mol. The first-order valence-electron chi connectivity index (χ1n) is 34.8.